The Labute approximate surface area is 172 Å². The van der Waals surface area contributed by atoms with E-state index >= 15 is 0 Å². The highest BCUT2D eigenvalue weighted by Crippen LogP contribution is 2.36. The van der Waals surface area contributed by atoms with Crippen molar-refractivity contribution in [1.82, 2.24) is 10.2 Å². The first kappa shape index (κ1) is 19.8. The number of hydrogen-bond acceptors (Lipinski definition) is 4. The van der Waals surface area contributed by atoms with Crippen molar-refractivity contribution >= 4 is 11.7 Å². The number of nitrogens with one attached hydrogen (secondary N) is 1. The van der Waals surface area contributed by atoms with Crippen LogP contribution in [-0.2, 0) is 4.74 Å². The molecule has 0 spiro atoms. The fraction of sp³-hybridized carbons (Fsp3) is 0.417. The van der Waals surface area contributed by atoms with Crippen molar-refractivity contribution < 1.29 is 14.3 Å². The summed E-state index contributed by atoms with van der Waals surface area (Å²) < 4.78 is 5.82. The largest absolute Gasteiger partial charge is 0.373 e. The van der Waals surface area contributed by atoms with E-state index in [0.29, 0.717) is 23.2 Å². The first-order valence-corrected chi connectivity index (χ1v) is 10.2. The molecule has 1 amide bonds. The molecule has 1 N–H and O–H groups in total. The number of hydrogen-bond donors (Lipinski definition) is 1. The fourth-order valence-electron chi connectivity index (χ4n) is 4.35. The highest BCUT2D eigenvalue weighted by Gasteiger charge is 2.33. The number of nitrogens with zero attached hydrogens (tertiary/aromatic N) is 1. The molecule has 1 fully saturated rings. The molecule has 2 aromatic carbocycles. The van der Waals surface area contributed by atoms with E-state index in [2.05, 4.69) is 37.9 Å². The second-order valence-electron chi connectivity index (χ2n) is 8.79. The third-order valence-corrected chi connectivity index (χ3v) is 5.95. The van der Waals surface area contributed by atoms with Crippen molar-refractivity contribution in [1.29, 1.82) is 0 Å². The van der Waals surface area contributed by atoms with Crippen molar-refractivity contribution in [2.75, 3.05) is 19.6 Å². The minimum atomic E-state index is -0.190. The molecular weight excluding hydrogens is 364 g/mol. The zero-order chi connectivity index (χ0) is 20.8. The van der Waals surface area contributed by atoms with Crippen LogP contribution in [0.4, 0.5) is 0 Å². The number of amides is 1. The Morgan fingerprint density at radius 3 is 2.34 bits per heavy atom. The average molecular weight is 392 g/mol. The molecule has 0 saturated carbocycles. The average Bonchev–Trinajstić information content (AvgIpc) is 2.98. The highest BCUT2D eigenvalue weighted by atomic mass is 16.5. The van der Waals surface area contributed by atoms with Gasteiger partial charge in [-0.05, 0) is 51.0 Å². The van der Waals surface area contributed by atoms with E-state index in [0.717, 1.165) is 24.2 Å². The predicted molar refractivity (Wildman–Crippen MR) is 113 cm³/mol. The van der Waals surface area contributed by atoms with E-state index in [1.807, 2.05) is 30.3 Å². The molecule has 4 rings (SSSR count). The van der Waals surface area contributed by atoms with Gasteiger partial charge in [-0.25, -0.2) is 0 Å². The normalized spacial score (nSPS) is 21.6. The Balaban J connectivity index is 1.47. The topological polar surface area (TPSA) is 58.6 Å². The Morgan fingerprint density at radius 2 is 1.66 bits per heavy atom. The van der Waals surface area contributed by atoms with Gasteiger partial charge in [-0.2, -0.15) is 0 Å². The number of morpholine rings is 1. The van der Waals surface area contributed by atoms with Crippen LogP contribution in [0.25, 0.3) is 11.1 Å². The highest BCUT2D eigenvalue weighted by molar-refractivity contribution is 6.22. The third kappa shape index (κ3) is 3.72. The van der Waals surface area contributed by atoms with Crippen LogP contribution in [0.5, 0.6) is 0 Å². The first-order chi connectivity index (χ1) is 13.8. The van der Waals surface area contributed by atoms with Crippen LogP contribution < -0.4 is 5.32 Å². The van der Waals surface area contributed by atoms with Crippen LogP contribution in [0.2, 0.25) is 0 Å². The predicted octanol–water partition coefficient (Wildman–Crippen LogP) is 3.52. The first-order valence-electron chi connectivity index (χ1n) is 10.2. The number of ether oxygens (including phenoxy) is 1. The molecule has 0 bridgehead atoms. The van der Waals surface area contributed by atoms with Crippen molar-refractivity contribution in [3.63, 3.8) is 0 Å². The Hall–Kier alpha value is -2.50. The number of rotatable bonds is 4. The minimum Gasteiger partial charge on any atom is -0.373 e. The summed E-state index contributed by atoms with van der Waals surface area (Å²) in [4.78, 5) is 27.9. The van der Waals surface area contributed by atoms with Crippen LogP contribution >= 0.6 is 0 Å². The van der Waals surface area contributed by atoms with Crippen LogP contribution in [0.15, 0.2) is 42.5 Å². The Kier molecular flexibility index (Phi) is 5.05. The quantitative estimate of drug-likeness (QED) is 0.738. The Bertz CT molecular complexity index is 956. The van der Waals surface area contributed by atoms with E-state index in [1.54, 1.807) is 12.1 Å². The number of benzene rings is 2. The lowest BCUT2D eigenvalue weighted by Gasteiger charge is -2.45. The molecule has 5 heteroatoms. The van der Waals surface area contributed by atoms with E-state index in [-0.39, 0.29) is 29.4 Å². The smallest absolute Gasteiger partial charge is 0.251 e. The molecule has 2 atom stereocenters. The monoisotopic (exact) mass is 392 g/mol. The summed E-state index contributed by atoms with van der Waals surface area (Å²) in [5, 5.41) is 3.06. The fourth-order valence-corrected chi connectivity index (χ4v) is 4.35. The van der Waals surface area contributed by atoms with Crippen molar-refractivity contribution in [2.24, 2.45) is 0 Å². The maximum absolute atomic E-state index is 12.8. The van der Waals surface area contributed by atoms with Gasteiger partial charge in [0, 0.05) is 41.9 Å². The zero-order valence-electron chi connectivity index (χ0n) is 17.5. The molecule has 1 aliphatic heterocycles. The van der Waals surface area contributed by atoms with Gasteiger partial charge >= 0.3 is 0 Å². The van der Waals surface area contributed by atoms with Gasteiger partial charge in [0.05, 0.1) is 12.2 Å². The van der Waals surface area contributed by atoms with Gasteiger partial charge in [-0.15, -0.1) is 0 Å². The second kappa shape index (κ2) is 7.39. The van der Waals surface area contributed by atoms with E-state index in [1.165, 1.54) is 0 Å². The molecule has 0 radical (unpaired) electrons. The zero-order valence-corrected chi connectivity index (χ0v) is 17.5. The van der Waals surface area contributed by atoms with Gasteiger partial charge in [0.25, 0.3) is 5.91 Å². The number of fused-ring (bicyclic) bond motifs is 3. The number of ketones is 1. The lowest BCUT2D eigenvalue weighted by atomic mass is 9.99. The maximum Gasteiger partial charge on any atom is 0.251 e. The van der Waals surface area contributed by atoms with Crippen molar-refractivity contribution in [2.45, 2.75) is 45.4 Å². The summed E-state index contributed by atoms with van der Waals surface area (Å²) in [5.74, 6) is -0.166. The third-order valence-electron chi connectivity index (χ3n) is 5.95. The van der Waals surface area contributed by atoms with Crippen LogP contribution in [0.1, 0.15) is 54.0 Å². The van der Waals surface area contributed by atoms with Gasteiger partial charge in [0.1, 0.15) is 0 Å². The summed E-state index contributed by atoms with van der Waals surface area (Å²) in [6.45, 7) is 10.7. The molecule has 2 aliphatic rings. The maximum atomic E-state index is 12.8. The summed E-state index contributed by atoms with van der Waals surface area (Å²) in [5.41, 5.74) is 3.48. The number of carbonyl (C=O) groups excluding carboxylic acids is 2. The van der Waals surface area contributed by atoms with Crippen LogP contribution in [-0.4, -0.2) is 54.0 Å². The second-order valence-corrected chi connectivity index (χ2v) is 8.79. The molecule has 1 saturated heterocycles. The molecule has 0 aromatic heterocycles. The number of carbonyl (C=O) groups is 2. The minimum absolute atomic E-state index is 0.0122. The molecule has 2 unspecified atom stereocenters. The van der Waals surface area contributed by atoms with Gasteiger partial charge < -0.3 is 10.1 Å². The Morgan fingerprint density at radius 1 is 1.03 bits per heavy atom. The van der Waals surface area contributed by atoms with Crippen LogP contribution in [0, 0.1) is 0 Å². The molecule has 152 valence electrons. The molecule has 1 aliphatic carbocycles. The van der Waals surface area contributed by atoms with Gasteiger partial charge in [0.2, 0.25) is 0 Å². The lowest BCUT2D eigenvalue weighted by molar-refractivity contribution is -0.0948. The lowest BCUT2D eigenvalue weighted by Crippen LogP contribution is -2.58. The SMILES string of the molecule is CC1CN(C(C)(C)CNC(=O)c2ccc3c(c2)C(=O)c2ccccc2-3)CC(C)O1. The van der Waals surface area contributed by atoms with Gasteiger partial charge in [0.15, 0.2) is 5.78 Å². The van der Waals surface area contributed by atoms with E-state index < -0.39 is 0 Å². The van der Waals surface area contributed by atoms with Crippen molar-refractivity contribution in [3.8, 4) is 11.1 Å². The molecular formula is C24H28N2O3. The van der Waals surface area contributed by atoms with Gasteiger partial charge in [-0.1, -0.05) is 30.3 Å². The summed E-state index contributed by atoms with van der Waals surface area (Å²) >= 11 is 0. The summed E-state index contributed by atoms with van der Waals surface area (Å²) in [7, 11) is 0. The van der Waals surface area contributed by atoms with Crippen LogP contribution in [0.3, 0.4) is 0 Å². The molecule has 1 heterocycles. The van der Waals surface area contributed by atoms with Gasteiger partial charge in [-0.3, -0.25) is 14.5 Å². The molecule has 29 heavy (non-hydrogen) atoms. The van der Waals surface area contributed by atoms with Crippen molar-refractivity contribution in [3.05, 3.63) is 59.2 Å². The van der Waals surface area contributed by atoms with E-state index in [9.17, 15) is 9.59 Å². The standard InChI is InChI=1S/C24H28N2O3/c1-15-12-26(13-16(2)29-15)24(3,4)14-25-23(28)17-9-10-19-18-7-5-6-8-20(18)22(27)21(19)11-17/h5-11,15-16H,12-14H2,1-4H3,(H,25,28). The summed E-state index contributed by atoms with van der Waals surface area (Å²) in [6.07, 6.45) is 0.358. The molecule has 5 nitrogen and oxygen atoms in total. The molecule has 2 aromatic rings. The summed E-state index contributed by atoms with van der Waals surface area (Å²) in [6, 6.07) is 13.0. The van der Waals surface area contributed by atoms with E-state index in [4.69, 9.17) is 4.74 Å².